The molecule has 0 fully saturated rings. The van der Waals surface area contributed by atoms with E-state index < -0.39 is 0 Å². The van der Waals surface area contributed by atoms with Crippen LogP contribution in [-0.2, 0) is 0 Å². The summed E-state index contributed by atoms with van der Waals surface area (Å²) in [5.74, 6) is -0.201. The van der Waals surface area contributed by atoms with Gasteiger partial charge in [0.05, 0.1) is 11.1 Å². The van der Waals surface area contributed by atoms with Crippen molar-refractivity contribution in [3.8, 4) is 0 Å². The molecule has 1 aromatic heterocycles. The lowest BCUT2D eigenvalue weighted by Crippen LogP contribution is -2.12. The molecule has 0 aliphatic carbocycles. The number of para-hydroxylation sites is 1. The van der Waals surface area contributed by atoms with E-state index >= 15 is 0 Å². The van der Waals surface area contributed by atoms with Gasteiger partial charge in [0, 0.05) is 22.8 Å². The van der Waals surface area contributed by atoms with E-state index in [0.29, 0.717) is 16.8 Å². The van der Waals surface area contributed by atoms with Gasteiger partial charge in [0.15, 0.2) is 0 Å². The summed E-state index contributed by atoms with van der Waals surface area (Å²) in [5.41, 5.74) is 2.57. The van der Waals surface area contributed by atoms with Crippen LogP contribution in [0.25, 0.3) is 10.9 Å². The molecule has 1 amide bonds. The van der Waals surface area contributed by atoms with Gasteiger partial charge in [-0.3, -0.25) is 14.6 Å². The van der Waals surface area contributed by atoms with E-state index in [1.54, 1.807) is 36.5 Å². The molecule has 0 aliphatic rings. The summed E-state index contributed by atoms with van der Waals surface area (Å²) in [6.07, 6.45) is 2.38. The molecule has 3 aromatic rings. The van der Waals surface area contributed by atoms with Gasteiger partial charge in [0.1, 0.15) is 6.29 Å². The van der Waals surface area contributed by atoms with Gasteiger partial charge in [-0.05, 0) is 36.4 Å². The molecule has 21 heavy (non-hydrogen) atoms. The van der Waals surface area contributed by atoms with Gasteiger partial charge in [-0.1, -0.05) is 18.2 Å². The van der Waals surface area contributed by atoms with Crippen LogP contribution in [0.15, 0.2) is 60.8 Å². The second-order valence-electron chi connectivity index (χ2n) is 4.57. The Morgan fingerprint density at radius 2 is 1.76 bits per heavy atom. The predicted molar refractivity (Wildman–Crippen MR) is 81.5 cm³/mol. The summed E-state index contributed by atoms with van der Waals surface area (Å²) < 4.78 is 0. The van der Waals surface area contributed by atoms with Crippen LogP contribution in [0.2, 0.25) is 0 Å². The minimum absolute atomic E-state index is 0.201. The largest absolute Gasteiger partial charge is 0.322 e. The van der Waals surface area contributed by atoms with Gasteiger partial charge in [-0.2, -0.15) is 0 Å². The smallest absolute Gasteiger partial charge is 0.256 e. The van der Waals surface area contributed by atoms with E-state index in [-0.39, 0.29) is 5.91 Å². The maximum Gasteiger partial charge on any atom is 0.256 e. The molecule has 4 heteroatoms. The zero-order valence-corrected chi connectivity index (χ0v) is 11.1. The topological polar surface area (TPSA) is 59.1 Å². The lowest BCUT2D eigenvalue weighted by atomic mass is 10.1. The highest BCUT2D eigenvalue weighted by atomic mass is 16.1. The number of aldehydes is 1. The molecule has 102 valence electrons. The molecule has 0 saturated carbocycles. The SMILES string of the molecule is O=Cc1ccc(NC(=O)c2ccnc3ccccc23)cc1. The third-order valence-electron chi connectivity index (χ3n) is 3.20. The van der Waals surface area contributed by atoms with Gasteiger partial charge in [-0.15, -0.1) is 0 Å². The third-order valence-corrected chi connectivity index (χ3v) is 3.20. The van der Waals surface area contributed by atoms with Crippen LogP contribution >= 0.6 is 0 Å². The van der Waals surface area contributed by atoms with Crippen molar-refractivity contribution in [3.63, 3.8) is 0 Å². The van der Waals surface area contributed by atoms with E-state index in [2.05, 4.69) is 10.3 Å². The number of benzene rings is 2. The Morgan fingerprint density at radius 1 is 1.00 bits per heavy atom. The highest BCUT2D eigenvalue weighted by Gasteiger charge is 2.10. The van der Waals surface area contributed by atoms with Crippen LogP contribution in [0.4, 0.5) is 5.69 Å². The molecule has 1 heterocycles. The van der Waals surface area contributed by atoms with Crippen molar-refractivity contribution in [1.29, 1.82) is 0 Å². The fraction of sp³-hybridized carbons (Fsp3) is 0. The Kier molecular flexibility index (Phi) is 3.43. The number of nitrogens with zero attached hydrogens (tertiary/aromatic N) is 1. The number of carbonyl (C=O) groups is 2. The monoisotopic (exact) mass is 276 g/mol. The van der Waals surface area contributed by atoms with E-state index in [0.717, 1.165) is 17.2 Å². The first kappa shape index (κ1) is 13.0. The van der Waals surface area contributed by atoms with E-state index in [9.17, 15) is 9.59 Å². The number of rotatable bonds is 3. The summed E-state index contributed by atoms with van der Waals surface area (Å²) in [4.78, 5) is 27.2. The minimum Gasteiger partial charge on any atom is -0.322 e. The Labute approximate surface area is 121 Å². The molecule has 0 radical (unpaired) electrons. The zero-order chi connectivity index (χ0) is 14.7. The fourth-order valence-corrected chi connectivity index (χ4v) is 2.14. The Morgan fingerprint density at radius 3 is 2.52 bits per heavy atom. The molecule has 0 unspecified atom stereocenters. The minimum atomic E-state index is -0.201. The average Bonchev–Trinajstić information content (AvgIpc) is 2.55. The van der Waals surface area contributed by atoms with Crippen LogP contribution in [0.5, 0.6) is 0 Å². The van der Waals surface area contributed by atoms with Crippen molar-refractivity contribution in [2.75, 3.05) is 5.32 Å². The first-order chi connectivity index (χ1) is 10.3. The molecular weight excluding hydrogens is 264 g/mol. The van der Waals surface area contributed by atoms with Crippen LogP contribution in [0.3, 0.4) is 0 Å². The quantitative estimate of drug-likeness (QED) is 0.747. The molecule has 3 rings (SSSR count). The molecule has 4 nitrogen and oxygen atoms in total. The molecule has 0 spiro atoms. The first-order valence-electron chi connectivity index (χ1n) is 6.48. The van der Waals surface area contributed by atoms with Gasteiger partial charge in [-0.25, -0.2) is 0 Å². The van der Waals surface area contributed by atoms with Crippen molar-refractivity contribution in [2.45, 2.75) is 0 Å². The number of hydrogen-bond acceptors (Lipinski definition) is 3. The number of fused-ring (bicyclic) bond motifs is 1. The van der Waals surface area contributed by atoms with E-state index in [1.165, 1.54) is 0 Å². The average molecular weight is 276 g/mol. The molecule has 0 saturated heterocycles. The summed E-state index contributed by atoms with van der Waals surface area (Å²) >= 11 is 0. The third kappa shape index (κ3) is 2.65. The lowest BCUT2D eigenvalue weighted by Gasteiger charge is -2.07. The Bertz CT molecular complexity index is 805. The number of nitrogens with one attached hydrogen (secondary N) is 1. The van der Waals surface area contributed by atoms with Crippen molar-refractivity contribution >= 4 is 28.8 Å². The second-order valence-corrected chi connectivity index (χ2v) is 4.57. The summed E-state index contributed by atoms with van der Waals surface area (Å²) in [6, 6.07) is 15.9. The second kappa shape index (κ2) is 5.54. The number of aromatic nitrogens is 1. The van der Waals surface area contributed by atoms with Crippen LogP contribution < -0.4 is 5.32 Å². The van der Waals surface area contributed by atoms with Crippen molar-refractivity contribution in [1.82, 2.24) is 4.98 Å². The number of pyridine rings is 1. The predicted octanol–water partition coefficient (Wildman–Crippen LogP) is 3.30. The maximum absolute atomic E-state index is 12.4. The number of hydrogen-bond donors (Lipinski definition) is 1. The standard InChI is InChI=1S/C17H12N2O2/c20-11-12-5-7-13(8-6-12)19-17(21)15-9-10-18-16-4-2-1-3-14(15)16/h1-11H,(H,19,21). The van der Waals surface area contributed by atoms with Crippen molar-refractivity contribution in [2.24, 2.45) is 0 Å². The molecular formula is C17H12N2O2. The normalized spacial score (nSPS) is 10.3. The molecule has 0 bridgehead atoms. The van der Waals surface area contributed by atoms with Crippen LogP contribution in [0, 0.1) is 0 Å². The zero-order valence-electron chi connectivity index (χ0n) is 11.1. The van der Waals surface area contributed by atoms with Crippen molar-refractivity contribution < 1.29 is 9.59 Å². The molecule has 2 aromatic carbocycles. The number of amides is 1. The van der Waals surface area contributed by atoms with E-state index in [4.69, 9.17) is 0 Å². The van der Waals surface area contributed by atoms with Crippen LogP contribution in [-0.4, -0.2) is 17.2 Å². The number of anilines is 1. The number of carbonyl (C=O) groups excluding carboxylic acids is 2. The highest BCUT2D eigenvalue weighted by molar-refractivity contribution is 6.12. The summed E-state index contributed by atoms with van der Waals surface area (Å²) in [7, 11) is 0. The van der Waals surface area contributed by atoms with Crippen molar-refractivity contribution in [3.05, 3.63) is 71.9 Å². The lowest BCUT2D eigenvalue weighted by molar-refractivity contribution is 0.102. The summed E-state index contributed by atoms with van der Waals surface area (Å²) in [5, 5.41) is 3.63. The fourth-order valence-electron chi connectivity index (χ4n) is 2.14. The van der Waals surface area contributed by atoms with Gasteiger partial charge in [0.25, 0.3) is 5.91 Å². The highest BCUT2D eigenvalue weighted by Crippen LogP contribution is 2.18. The van der Waals surface area contributed by atoms with Gasteiger partial charge < -0.3 is 5.32 Å². The summed E-state index contributed by atoms with van der Waals surface area (Å²) in [6.45, 7) is 0. The molecule has 1 N–H and O–H groups in total. The maximum atomic E-state index is 12.4. The van der Waals surface area contributed by atoms with Gasteiger partial charge >= 0.3 is 0 Å². The Hall–Kier alpha value is -3.01. The van der Waals surface area contributed by atoms with Crippen LogP contribution in [0.1, 0.15) is 20.7 Å². The molecule has 0 atom stereocenters. The van der Waals surface area contributed by atoms with Gasteiger partial charge in [0.2, 0.25) is 0 Å². The Balaban J connectivity index is 1.91. The van der Waals surface area contributed by atoms with E-state index in [1.807, 2.05) is 24.3 Å². The molecule has 0 aliphatic heterocycles. The first-order valence-corrected chi connectivity index (χ1v) is 6.48.